The summed E-state index contributed by atoms with van der Waals surface area (Å²) in [5.74, 6) is 1.65. The van der Waals surface area contributed by atoms with Crippen LogP contribution in [0.5, 0.6) is 11.5 Å². The lowest BCUT2D eigenvalue weighted by molar-refractivity contribution is -0.113. The summed E-state index contributed by atoms with van der Waals surface area (Å²) in [6.07, 6.45) is 3.96. The number of Topliss-reactive ketones (excluding diaryl/α,β-unsaturated/α-hetero) is 1. The van der Waals surface area contributed by atoms with Crippen molar-refractivity contribution in [1.82, 2.24) is 4.90 Å². The average molecular weight is 454 g/mol. The Kier molecular flexibility index (Phi) is 7.95. The van der Waals surface area contributed by atoms with Gasteiger partial charge in [0.15, 0.2) is 5.78 Å². The van der Waals surface area contributed by atoms with Gasteiger partial charge in [-0.05, 0) is 43.7 Å². The van der Waals surface area contributed by atoms with Crippen LogP contribution in [-0.4, -0.2) is 37.0 Å². The zero-order valence-electron chi connectivity index (χ0n) is 19.9. The maximum atomic E-state index is 13.6. The normalized spacial score (nSPS) is 16.7. The molecule has 0 aliphatic carbocycles. The van der Waals surface area contributed by atoms with Crippen molar-refractivity contribution in [3.05, 3.63) is 107 Å². The molecule has 0 bridgehead atoms. The van der Waals surface area contributed by atoms with Crippen LogP contribution in [0.25, 0.3) is 12.2 Å². The Labute approximate surface area is 202 Å². The molecule has 0 N–H and O–H groups in total. The molecule has 0 spiro atoms. The second-order valence-electron chi connectivity index (χ2n) is 8.24. The number of hydrogen-bond acceptors (Lipinski definition) is 4. The number of hydrogen-bond donors (Lipinski definition) is 0. The van der Waals surface area contributed by atoms with Crippen molar-refractivity contribution >= 4 is 17.9 Å². The van der Waals surface area contributed by atoms with Crippen molar-refractivity contribution in [3.8, 4) is 11.5 Å². The van der Waals surface area contributed by atoms with Crippen LogP contribution in [0, 0.1) is 0 Å². The molecule has 34 heavy (non-hydrogen) atoms. The third-order valence-corrected chi connectivity index (χ3v) is 5.72. The minimum Gasteiger partial charge on any atom is -0.493 e. The molecule has 1 saturated heterocycles. The molecule has 0 saturated carbocycles. The summed E-state index contributed by atoms with van der Waals surface area (Å²) in [5, 5.41) is 0. The summed E-state index contributed by atoms with van der Waals surface area (Å²) in [4.78, 5) is 15.9. The number of ketones is 1. The molecule has 0 aromatic heterocycles. The van der Waals surface area contributed by atoms with Gasteiger partial charge in [0.2, 0.25) is 0 Å². The average Bonchev–Trinajstić information content (AvgIpc) is 2.85. The fourth-order valence-corrected chi connectivity index (χ4v) is 4.21. The maximum absolute atomic E-state index is 13.6. The van der Waals surface area contributed by atoms with Gasteiger partial charge in [0, 0.05) is 41.9 Å². The van der Waals surface area contributed by atoms with E-state index in [-0.39, 0.29) is 5.78 Å². The van der Waals surface area contributed by atoms with E-state index >= 15 is 0 Å². The fourth-order valence-electron chi connectivity index (χ4n) is 4.21. The quantitative estimate of drug-likeness (QED) is 0.390. The second-order valence-corrected chi connectivity index (χ2v) is 8.24. The molecule has 1 heterocycles. The van der Waals surface area contributed by atoms with Gasteiger partial charge in [0.05, 0.1) is 13.2 Å². The number of para-hydroxylation sites is 2. The molecule has 174 valence electrons. The summed E-state index contributed by atoms with van der Waals surface area (Å²) in [7, 11) is 0. The summed E-state index contributed by atoms with van der Waals surface area (Å²) in [6.45, 7) is 7.02. The highest BCUT2D eigenvalue weighted by atomic mass is 16.5. The van der Waals surface area contributed by atoms with Crippen molar-refractivity contribution in [2.45, 2.75) is 20.4 Å². The molecular weight excluding hydrogens is 422 g/mol. The van der Waals surface area contributed by atoms with Crippen LogP contribution >= 0.6 is 0 Å². The van der Waals surface area contributed by atoms with E-state index in [2.05, 4.69) is 29.2 Å². The van der Waals surface area contributed by atoms with Crippen LogP contribution in [-0.2, 0) is 11.3 Å². The van der Waals surface area contributed by atoms with E-state index in [0.29, 0.717) is 26.3 Å². The standard InChI is InChI=1S/C30H31NO3/c1-3-33-28-16-10-8-14-24(28)18-26-21-31(20-23-12-6-5-7-13-23)22-27(30(26)32)19-25-15-9-11-17-29(25)34-4-2/h5-19H,3-4,20-22H2,1-2H3/b26-18+,27-19+. The Morgan fingerprint density at radius 3 is 1.68 bits per heavy atom. The highest BCUT2D eigenvalue weighted by molar-refractivity contribution is 6.14. The first-order valence-electron chi connectivity index (χ1n) is 11.8. The molecule has 4 nitrogen and oxygen atoms in total. The summed E-state index contributed by atoms with van der Waals surface area (Å²) in [5.41, 5.74) is 4.58. The zero-order valence-corrected chi connectivity index (χ0v) is 19.9. The van der Waals surface area contributed by atoms with E-state index in [9.17, 15) is 4.79 Å². The lowest BCUT2D eigenvalue weighted by Gasteiger charge is -2.30. The maximum Gasteiger partial charge on any atom is 0.187 e. The second kappa shape index (κ2) is 11.5. The SMILES string of the molecule is CCOc1ccccc1/C=C1\CN(Cc2ccccc2)C/C(=C\c2ccccc2OCC)C1=O. The number of rotatable bonds is 8. The molecule has 1 fully saturated rings. The highest BCUT2D eigenvalue weighted by Gasteiger charge is 2.27. The smallest absolute Gasteiger partial charge is 0.187 e. The molecule has 0 unspecified atom stereocenters. The predicted molar refractivity (Wildman–Crippen MR) is 138 cm³/mol. The third kappa shape index (κ3) is 5.83. The van der Waals surface area contributed by atoms with Gasteiger partial charge >= 0.3 is 0 Å². The fraction of sp³-hybridized carbons (Fsp3) is 0.233. The van der Waals surface area contributed by atoms with Gasteiger partial charge in [0.25, 0.3) is 0 Å². The van der Waals surface area contributed by atoms with E-state index < -0.39 is 0 Å². The van der Waals surface area contributed by atoms with Gasteiger partial charge in [-0.15, -0.1) is 0 Å². The first-order chi connectivity index (χ1) is 16.7. The Bertz CT molecular complexity index is 1110. The topological polar surface area (TPSA) is 38.8 Å². The summed E-state index contributed by atoms with van der Waals surface area (Å²) >= 11 is 0. The predicted octanol–water partition coefficient (Wildman–Crippen LogP) is 6.04. The minimum absolute atomic E-state index is 0.0712. The molecule has 4 rings (SSSR count). The Hall–Kier alpha value is -3.63. The molecule has 1 aliphatic heterocycles. The Morgan fingerprint density at radius 2 is 1.18 bits per heavy atom. The number of nitrogens with zero attached hydrogens (tertiary/aromatic N) is 1. The number of benzene rings is 3. The van der Waals surface area contributed by atoms with Crippen molar-refractivity contribution < 1.29 is 14.3 Å². The molecule has 4 heteroatoms. The largest absolute Gasteiger partial charge is 0.493 e. The highest BCUT2D eigenvalue weighted by Crippen LogP contribution is 2.28. The van der Waals surface area contributed by atoms with Gasteiger partial charge in [-0.1, -0.05) is 66.7 Å². The molecular formula is C30H31NO3. The monoisotopic (exact) mass is 453 g/mol. The van der Waals surface area contributed by atoms with Gasteiger partial charge in [-0.2, -0.15) is 0 Å². The van der Waals surface area contributed by atoms with Crippen LogP contribution in [0.2, 0.25) is 0 Å². The van der Waals surface area contributed by atoms with Crippen LogP contribution in [0.4, 0.5) is 0 Å². The van der Waals surface area contributed by atoms with E-state index in [1.807, 2.05) is 80.6 Å². The number of ether oxygens (including phenoxy) is 2. The lowest BCUT2D eigenvalue weighted by atomic mass is 9.93. The molecule has 3 aromatic carbocycles. The molecule has 0 atom stereocenters. The summed E-state index contributed by atoms with van der Waals surface area (Å²) < 4.78 is 11.6. The van der Waals surface area contributed by atoms with E-state index in [1.54, 1.807) is 0 Å². The molecule has 0 amide bonds. The van der Waals surface area contributed by atoms with Crippen LogP contribution in [0.15, 0.2) is 90.0 Å². The van der Waals surface area contributed by atoms with Crippen molar-refractivity contribution in [2.75, 3.05) is 26.3 Å². The molecule has 3 aromatic rings. The number of carbonyl (C=O) groups excluding carboxylic acids is 1. The van der Waals surface area contributed by atoms with Crippen molar-refractivity contribution in [3.63, 3.8) is 0 Å². The molecule has 0 radical (unpaired) electrons. The zero-order chi connectivity index (χ0) is 23.8. The van der Waals surface area contributed by atoms with Gasteiger partial charge in [0.1, 0.15) is 11.5 Å². The number of likely N-dealkylation sites (tertiary alicyclic amines) is 1. The van der Waals surface area contributed by atoms with Gasteiger partial charge in [-0.3, -0.25) is 9.69 Å². The van der Waals surface area contributed by atoms with E-state index in [0.717, 1.165) is 40.3 Å². The van der Waals surface area contributed by atoms with Gasteiger partial charge in [-0.25, -0.2) is 0 Å². The van der Waals surface area contributed by atoms with Crippen molar-refractivity contribution in [2.24, 2.45) is 0 Å². The van der Waals surface area contributed by atoms with Crippen LogP contribution in [0.1, 0.15) is 30.5 Å². The van der Waals surface area contributed by atoms with Gasteiger partial charge < -0.3 is 9.47 Å². The summed E-state index contributed by atoms with van der Waals surface area (Å²) in [6, 6.07) is 26.1. The Morgan fingerprint density at radius 1 is 0.706 bits per heavy atom. The van der Waals surface area contributed by atoms with E-state index in [1.165, 1.54) is 5.56 Å². The third-order valence-electron chi connectivity index (χ3n) is 5.72. The first kappa shape index (κ1) is 23.5. The lowest BCUT2D eigenvalue weighted by Crippen LogP contribution is -2.37. The minimum atomic E-state index is 0.0712. The van der Waals surface area contributed by atoms with Crippen LogP contribution < -0.4 is 9.47 Å². The Balaban J connectivity index is 1.72. The van der Waals surface area contributed by atoms with E-state index in [4.69, 9.17) is 9.47 Å². The van der Waals surface area contributed by atoms with Crippen LogP contribution in [0.3, 0.4) is 0 Å². The number of carbonyl (C=O) groups is 1. The molecule has 1 aliphatic rings. The number of piperidine rings is 1. The van der Waals surface area contributed by atoms with Crippen molar-refractivity contribution in [1.29, 1.82) is 0 Å². The first-order valence-corrected chi connectivity index (χ1v) is 11.8.